The number of halogens is 3. The molecular weight excluding hydrogens is 265 g/mol. The number of thioether (sulfide) groups is 1. The second-order valence-electron chi connectivity index (χ2n) is 3.45. The van der Waals surface area contributed by atoms with Crippen LogP contribution in [0.15, 0.2) is 29.2 Å². The molecule has 7 heteroatoms. The number of benzene rings is 1. The van der Waals surface area contributed by atoms with Gasteiger partial charge in [-0.3, -0.25) is 4.79 Å². The van der Waals surface area contributed by atoms with Gasteiger partial charge in [-0.15, -0.1) is 11.8 Å². The molecule has 3 N–H and O–H groups in total. The summed E-state index contributed by atoms with van der Waals surface area (Å²) in [5, 5.41) is 2.54. The smallest absolute Gasteiger partial charge is 0.354 e. The largest absolute Gasteiger partial charge is 0.416 e. The lowest BCUT2D eigenvalue weighted by Crippen LogP contribution is -2.30. The fraction of sp³-hybridized carbons (Fsp3) is 0.364. The molecule has 0 unspecified atom stereocenters. The average molecular weight is 278 g/mol. The molecule has 1 rings (SSSR count). The van der Waals surface area contributed by atoms with E-state index in [0.29, 0.717) is 18.0 Å². The highest BCUT2D eigenvalue weighted by Gasteiger charge is 2.30. The van der Waals surface area contributed by atoms with E-state index in [2.05, 4.69) is 5.32 Å². The van der Waals surface area contributed by atoms with Gasteiger partial charge in [0.05, 0.1) is 11.3 Å². The Hall–Kier alpha value is -1.21. The predicted octanol–water partition coefficient (Wildman–Crippen LogP) is 1.87. The van der Waals surface area contributed by atoms with Gasteiger partial charge in [0.25, 0.3) is 0 Å². The zero-order valence-electron chi connectivity index (χ0n) is 9.46. The van der Waals surface area contributed by atoms with E-state index in [0.717, 1.165) is 23.9 Å². The Morgan fingerprint density at radius 2 is 2.11 bits per heavy atom. The van der Waals surface area contributed by atoms with Crippen LogP contribution in [0.25, 0.3) is 0 Å². The van der Waals surface area contributed by atoms with Crippen molar-refractivity contribution in [3.8, 4) is 0 Å². The lowest BCUT2D eigenvalue weighted by atomic mass is 10.2. The number of alkyl halides is 3. The molecule has 0 radical (unpaired) electrons. The zero-order valence-corrected chi connectivity index (χ0v) is 10.3. The van der Waals surface area contributed by atoms with Crippen LogP contribution in [0.1, 0.15) is 5.56 Å². The van der Waals surface area contributed by atoms with Gasteiger partial charge >= 0.3 is 6.18 Å². The summed E-state index contributed by atoms with van der Waals surface area (Å²) >= 11 is 1.06. The first-order valence-corrected chi connectivity index (χ1v) is 6.19. The molecular formula is C11H13F3N2OS. The summed E-state index contributed by atoms with van der Waals surface area (Å²) in [6.45, 7) is 0.696. The first-order valence-electron chi connectivity index (χ1n) is 5.20. The van der Waals surface area contributed by atoms with Crippen LogP contribution in [0.4, 0.5) is 13.2 Å². The minimum atomic E-state index is -4.36. The van der Waals surface area contributed by atoms with Gasteiger partial charge in [0.1, 0.15) is 0 Å². The number of amides is 1. The standard InChI is InChI=1S/C11H13F3N2OS/c12-11(13,14)8-2-1-3-9(6-8)18-7-10(17)16-5-4-15/h1-3,6H,4-5,7,15H2,(H,16,17). The highest BCUT2D eigenvalue weighted by atomic mass is 32.2. The van der Waals surface area contributed by atoms with Gasteiger partial charge < -0.3 is 11.1 Å². The van der Waals surface area contributed by atoms with Crippen LogP contribution in [-0.2, 0) is 11.0 Å². The van der Waals surface area contributed by atoms with Gasteiger partial charge in [0.15, 0.2) is 0 Å². The second kappa shape index (κ2) is 6.65. The van der Waals surface area contributed by atoms with Crippen molar-refractivity contribution in [1.29, 1.82) is 0 Å². The number of carbonyl (C=O) groups is 1. The molecule has 0 aliphatic heterocycles. The number of hydrogen-bond donors (Lipinski definition) is 2. The molecule has 0 saturated carbocycles. The maximum atomic E-state index is 12.4. The molecule has 0 aliphatic carbocycles. The number of nitrogens with two attached hydrogens (primary N) is 1. The average Bonchev–Trinajstić information content (AvgIpc) is 2.33. The van der Waals surface area contributed by atoms with Gasteiger partial charge in [0, 0.05) is 18.0 Å². The Morgan fingerprint density at radius 1 is 1.39 bits per heavy atom. The van der Waals surface area contributed by atoms with Crippen molar-refractivity contribution >= 4 is 17.7 Å². The SMILES string of the molecule is NCCNC(=O)CSc1cccc(C(F)(F)F)c1. The Kier molecular flexibility index (Phi) is 5.49. The summed E-state index contributed by atoms with van der Waals surface area (Å²) in [6, 6.07) is 4.89. The summed E-state index contributed by atoms with van der Waals surface area (Å²) in [4.78, 5) is 11.7. The van der Waals surface area contributed by atoms with Crippen LogP contribution in [0.3, 0.4) is 0 Å². The molecule has 0 fully saturated rings. The molecule has 0 aromatic heterocycles. The summed E-state index contributed by atoms with van der Waals surface area (Å²) < 4.78 is 37.3. The van der Waals surface area contributed by atoms with Crippen LogP contribution >= 0.6 is 11.8 Å². The van der Waals surface area contributed by atoms with E-state index in [1.54, 1.807) is 0 Å². The van der Waals surface area contributed by atoms with Gasteiger partial charge in [-0.25, -0.2) is 0 Å². The third-order valence-corrected chi connectivity index (χ3v) is 2.99. The van der Waals surface area contributed by atoms with Crippen LogP contribution in [0.2, 0.25) is 0 Å². The summed E-state index contributed by atoms with van der Waals surface area (Å²) in [5.74, 6) is -0.177. The monoisotopic (exact) mass is 278 g/mol. The van der Waals surface area contributed by atoms with E-state index in [4.69, 9.17) is 5.73 Å². The minimum Gasteiger partial charge on any atom is -0.354 e. The highest BCUT2D eigenvalue weighted by molar-refractivity contribution is 8.00. The van der Waals surface area contributed by atoms with Crippen molar-refractivity contribution in [2.45, 2.75) is 11.1 Å². The maximum Gasteiger partial charge on any atom is 0.416 e. The number of rotatable bonds is 5. The second-order valence-corrected chi connectivity index (χ2v) is 4.50. The highest BCUT2D eigenvalue weighted by Crippen LogP contribution is 2.31. The van der Waals surface area contributed by atoms with Crippen LogP contribution in [0.5, 0.6) is 0 Å². The fourth-order valence-electron chi connectivity index (χ4n) is 1.17. The van der Waals surface area contributed by atoms with E-state index in [1.807, 2.05) is 0 Å². The lowest BCUT2D eigenvalue weighted by molar-refractivity contribution is -0.137. The van der Waals surface area contributed by atoms with Crippen LogP contribution < -0.4 is 11.1 Å². The predicted molar refractivity (Wildman–Crippen MR) is 64.2 cm³/mol. The summed E-state index contributed by atoms with van der Waals surface area (Å²) in [7, 11) is 0. The molecule has 18 heavy (non-hydrogen) atoms. The van der Waals surface area contributed by atoms with Gasteiger partial charge in [-0.1, -0.05) is 6.07 Å². The quantitative estimate of drug-likeness (QED) is 0.808. The molecule has 1 aromatic carbocycles. The topological polar surface area (TPSA) is 55.1 Å². The molecule has 0 aliphatic rings. The van der Waals surface area contributed by atoms with Crippen LogP contribution in [-0.4, -0.2) is 24.7 Å². The van der Waals surface area contributed by atoms with Crippen molar-refractivity contribution in [1.82, 2.24) is 5.32 Å². The molecule has 0 bridgehead atoms. The van der Waals surface area contributed by atoms with E-state index < -0.39 is 11.7 Å². The Balaban J connectivity index is 2.55. The molecule has 0 atom stereocenters. The Labute approximate surface area is 107 Å². The van der Waals surface area contributed by atoms with E-state index in [9.17, 15) is 18.0 Å². The third-order valence-electron chi connectivity index (χ3n) is 2.00. The van der Waals surface area contributed by atoms with Crippen molar-refractivity contribution < 1.29 is 18.0 Å². The lowest BCUT2D eigenvalue weighted by Gasteiger charge is -2.08. The summed E-state index contributed by atoms with van der Waals surface area (Å²) in [5.41, 5.74) is 4.49. The molecule has 0 spiro atoms. The normalized spacial score (nSPS) is 11.3. The van der Waals surface area contributed by atoms with Crippen molar-refractivity contribution in [3.63, 3.8) is 0 Å². The molecule has 100 valence electrons. The first kappa shape index (κ1) is 14.8. The maximum absolute atomic E-state index is 12.4. The Bertz CT molecular complexity index is 410. The first-order chi connectivity index (χ1) is 8.43. The van der Waals surface area contributed by atoms with E-state index in [1.165, 1.54) is 12.1 Å². The Morgan fingerprint density at radius 3 is 2.72 bits per heavy atom. The number of nitrogens with one attached hydrogen (secondary N) is 1. The van der Waals surface area contributed by atoms with Gasteiger partial charge in [0.2, 0.25) is 5.91 Å². The molecule has 1 aromatic rings. The molecule has 3 nitrogen and oxygen atoms in total. The zero-order chi connectivity index (χ0) is 13.6. The van der Waals surface area contributed by atoms with Crippen molar-refractivity contribution in [3.05, 3.63) is 29.8 Å². The minimum absolute atomic E-state index is 0.0707. The van der Waals surface area contributed by atoms with Gasteiger partial charge in [-0.2, -0.15) is 13.2 Å². The number of hydrogen-bond acceptors (Lipinski definition) is 3. The van der Waals surface area contributed by atoms with Crippen molar-refractivity contribution in [2.75, 3.05) is 18.8 Å². The molecule has 0 heterocycles. The van der Waals surface area contributed by atoms with E-state index >= 15 is 0 Å². The van der Waals surface area contributed by atoms with Crippen LogP contribution in [0, 0.1) is 0 Å². The molecule has 0 saturated heterocycles. The summed E-state index contributed by atoms with van der Waals surface area (Å²) in [6.07, 6.45) is -4.36. The van der Waals surface area contributed by atoms with Gasteiger partial charge in [-0.05, 0) is 18.2 Å². The fourth-order valence-corrected chi connectivity index (χ4v) is 1.96. The van der Waals surface area contributed by atoms with Crippen molar-refractivity contribution in [2.24, 2.45) is 5.73 Å². The third kappa shape index (κ3) is 4.97. The van der Waals surface area contributed by atoms with E-state index in [-0.39, 0.29) is 11.7 Å². The number of carbonyl (C=O) groups excluding carboxylic acids is 1. The molecule has 1 amide bonds.